The van der Waals surface area contributed by atoms with E-state index >= 15 is 0 Å². The summed E-state index contributed by atoms with van der Waals surface area (Å²) in [4.78, 5) is 17.5. The highest BCUT2D eigenvalue weighted by Crippen LogP contribution is 2.16. The molecule has 0 unspecified atom stereocenters. The maximum Gasteiger partial charge on any atom is 0.257 e. The van der Waals surface area contributed by atoms with E-state index in [1.54, 1.807) is 4.90 Å². The van der Waals surface area contributed by atoms with Crippen LogP contribution in [-0.2, 0) is 0 Å². The number of hydrogen-bond donors (Lipinski definition) is 1. The van der Waals surface area contributed by atoms with Crippen molar-refractivity contribution < 1.29 is 9.18 Å². The Bertz CT molecular complexity index is 391. The number of nitrogens with zero attached hydrogens (tertiary/aromatic N) is 2. The van der Waals surface area contributed by atoms with Crippen LogP contribution in [0, 0.1) is 5.82 Å². The summed E-state index contributed by atoms with van der Waals surface area (Å²) in [6, 6.07) is 1.41. The average Bonchev–Trinajstić information content (AvgIpc) is 2.33. The maximum absolute atomic E-state index is 14.0. The van der Waals surface area contributed by atoms with Crippen molar-refractivity contribution >= 4 is 11.7 Å². The molecule has 0 saturated heterocycles. The lowest BCUT2D eigenvalue weighted by Gasteiger charge is -2.19. The molecule has 17 heavy (non-hydrogen) atoms. The van der Waals surface area contributed by atoms with Crippen molar-refractivity contribution in [2.75, 3.05) is 25.0 Å². The summed E-state index contributed by atoms with van der Waals surface area (Å²) >= 11 is 0. The van der Waals surface area contributed by atoms with Gasteiger partial charge in [0.05, 0.1) is 5.56 Å². The second-order valence-electron chi connectivity index (χ2n) is 3.53. The Labute approximate surface area is 101 Å². The second-order valence-corrected chi connectivity index (χ2v) is 3.53. The Kier molecular flexibility index (Phi) is 4.87. The van der Waals surface area contributed by atoms with E-state index in [-0.39, 0.29) is 17.3 Å². The monoisotopic (exact) mass is 239 g/mol. The van der Waals surface area contributed by atoms with Crippen molar-refractivity contribution in [1.29, 1.82) is 0 Å². The lowest BCUT2D eigenvalue weighted by molar-refractivity contribution is 0.0768. The first-order chi connectivity index (χ1) is 8.15. The van der Waals surface area contributed by atoms with Gasteiger partial charge in [-0.1, -0.05) is 0 Å². The summed E-state index contributed by atoms with van der Waals surface area (Å²) in [5.41, 5.74) is 0.0691. The van der Waals surface area contributed by atoms with E-state index in [1.165, 1.54) is 12.3 Å². The highest BCUT2D eigenvalue weighted by atomic mass is 19.1. The standard InChI is InChI=1S/C12H18FN3O/c1-4-14-11-10(13)9(7-8-15-11)12(17)16(5-2)6-3/h7-8H,4-6H2,1-3H3,(H,14,15). The molecule has 1 heterocycles. The van der Waals surface area contributed by atoms with Crippen molar-refractivity contribution in [3.05, 3.63) is 23.6 Å². The van der Waals surface area contributed by atoms with Gasteiger partial charge in [0.15, 0.2) is 11.6 Å². The van der Waals surface area contributed by atoms with Crippen LogP contribution in [0.5, 0.6) is 0 Å². The zero-order valence-corrected chi connectivity index (χ0v) is 10.5. The van der Waals surface area contributed by atoms with Gasteiger partial charge in [0.25, 0.3) is 5.91 Å². The summed E-state index contributed by atoms with van der Waals surface area (Å²) in [5.74, 6) is -0.745. The average molecular weight is 239 g/mol. The van der Waals surface area contributed by atoms with Crippen LogP contribution >= 0.6 is 0 Å². The topological polar surface area (TPSA) is 45.2 Å². The predicted octanol–water partition coefficient (Wildman–Crippen LogP) is 2.13. The van der Waals surface area contributed by atoms with Gasteiger partial charge in [-0.25, -0.2) is 9.37 Å². The Balaban J connectivity index is 3.05. The molecule has 1 aromatic heterocycles. The van der Waals surface area contributed by atoms with Crippen LogP contribution in [0.3, 0.4) is 0 Å². The SMILES string of the molecule is CCNc1nccc(C(=O)N(CC)CC)c1F. The normalized spacial score (nSPS) is 10.1. The molecule has 1 aromatic rings. The molecule has 0 bridgehead atoms. The largest absolute Gasteiger partial charge is 0.368 e. The molecule has 5 heteroatoms. The summed E-state index contributed by atoms with van der Waals surface area (Å²) in [7, 11) is 0. The fraction of sp³-hybridized carbons (Fsp3) is 0.500. The molecule has 1 N–H and O–H groups in total. The van der Waals surface area contributed by atoms with Crippen LogP contribution in [0.25, 0.3) is 0 Å². The van der Waals surface area contributed by atoms with Crippen LogP contribution in [-0.4, -0.2) is 35.4 Å². The van der Waals surface area contributed by atoms with E-state index in [0.717, 1.165) is 0 Å². The number of amides is 1. The first-order valence-corrected chi connectivity index (χ1v) is 5.83. The molecule has 4 nitrogen and oxygen atoms in total. The van der Waals surface area contributed by atoms with Crippen LogP contribution < -0.4 is 5.32 Å². The van der Waals surface area contributed by atoms with Gasteiger partial charge in [-0.15, -0.1) is 0 Å². The number of carbonyl (C=O) groups excluding carboxylic acids is 1. The van der Waals surface area contributed by atoms with Gasteiger partial charge in [0.1, 0.15) is 0 Å². The quantitative estimate of drug-likeness (QED) is 0.856. The maximum atomic E-state index is 14.0. The smallest absolute Gasteiger partial charge is 0.257 e. The molecule has 0 fully saturated rings. The van der Waals surface area contributed by atoms with E-state index in [9.17, 15) is 9.18 Å². The summed E-state index contributed by atoms with van der Waals surface area (Å²) in [6.45, 7) is 7.27. The van der Waals surface area contributed by atoms with Crippen molar-refractivity contribution in [1.82, 2.24) is 9.88 Å². The summed E-state index contributed by atoms with van der Waals surface area (Å²) in [5, 5.41) is 2.79. The highest BCUT2D eigenvalue weighted by molar-refractivity contribution is 5.95. The van der Waals surface area contributed by atoms with Gasteiger partial charge >= 0.3 is 0 Å². The molecule has 0 aliphatic rings. The Morgan fingerprint density at radius 3 is 2.59 bits per heavy atom. The second kappa shape index (κ2) is 6.18. The number of halogens is 1. The van der Waals surface area contributed by atoms with Gasteiger partial charge in [0.2, 0.25) is 0 Å². The number of anilines is 1. The molecule has 0 aliphatic heterocycles. The molecular weight excluding hydrogens is 221 g/mol. The van der Waals surface area contributed by atoms with E-state index in [1.807, 2.05) is 20.8 Å². The van der Waals surface area contributed by atoms with E-state index in [4.69, 9.17) is 0 Å². The zero-order chi connectivity index (χ0) is 12.8. The van der Waals surface area contributed by atoms with E-state index in [2.05, 4.69) is 10.3 Å². The number of pyridine rings is 1. The van der Waals surface area contributed by atoms with Crippen LogP contribution in [0.1, 0.15) is 31.1 Å². The minimum absolute atomic E-state index is 0.0691. The molecule has 0 radical (unpaired) electrons. The minimum atomic E-state index is -0.578. The molecule has 0 aromatic carbocycles. The van der Waals surface area contributed by atoms with Gasteiger partial charge in [-0.05, 0) is 26.8 Å². The third kappa shape index (κ3) is 2.93. The number of rotatable bonds is 5. The molecule has 1 amide bonds. The van der Waals surface area contributed by atoms with E-state index in [0.29, 0.717) is 19.6 Å². The molecular formula is C12H18FN3O. The molecule has 0 atom stereocenters. The van der Waals surface area contributed by atoms with Crippen molar-refractivity contribution in [3.8, 4) is 0 Å². The number of hydrogen-bond acceptors (Lipinski definition) is 3. The molecule has 0 saturated carbocycles. The third-order valence-electron chi connectivity index (χ3n) is 2.51. The Morgan fingerprint density at radius 2 is 2.06 bits per heavy atom. The molecule has 94 valence electrons. The van der Waals surface area contributed by atoms with E-state index < -0.39 is 5.82 Å². The fourth-order valence-electron chi connectivity index (χ4n) is 1.58. The number of aromatic nitrogens is 1. The van der Waals surface area contributed by atoms with Crippen LogP contribution in [0.2, 0.25) is 0 Å². The first kappa shape index (κ1) is 13.4. The fourth-order valence-corrected chi connectivity index (χ4v) is 1.58. The Hall–Kier alpha value is -1.65. The summed E-state index contributed by atoms with van der Waals surface area (Å²) < 4.78 is 14.0. The van der Waals surface area contributed by atoms with Crippen LogP contribution in [0.15, 0.2) is 12.3 Å². The number of nitrogens with one attached hydrogen (secondary N) is 1. The van der Waals surface area contributed by atoms with Gasteiger partial charge in [0, 0.05) is 25.8 Å². The first-order valence-electron chi connectivity index (χ1n) is 5.83. The third-order valence-corrected chi connectivity index (χ3v) is 2.51. The van der Waals surface area contributed by atoms with Gasteiger partial charge in [-0.3, -0.25) is 4.79 Å². The zero-order valence-electron chi connectivity index (χ0n) is 10.5. The number of carbonyl (C=O) groups is 1. The Morgan fingerprint density at radius 1 is 1.41 bits per heavy atom. The van der Waals surface area contributed by atoms with Crippen molar-refractivity contribution in [2.24, 2.45) is 0 Å². The van der Waals surface area contributed by atoms with Crippen molar-refractivity contribution in [2.45, 2.75) is 20.8 Å². The lowest BCUT2D eigenvalue weighted by atomic mass is 10.2. The van der Waals surface area contributed by atoms with Crippen molar-refractivity contribution in [3.63, 3.8) is 0 Å². The predicted molar refractivity (Wildman–Crippen MR) is 65.6 cm³/mol. The highest BCUT2D eigenvalue weighted by Gasteiger charge is 2.19. The minimum Gasteiger partial charge on any atom is -0.368 e. The molecule has 0 spiro atoms. The lowest BCUT2D eigenvalue weighted by Crippen LogP contribution is -2.31. The molecule has 0 aliphatic carbocycles. The van der Waals surface area contributed by atoms with Gasteiger partial charge in [-0.2, -0.15) is 0 Å². The molecule has 1 rings (SSSR count). The van der Waals surface area contributed by atoms with Gasteiger partial charge < -0.3 is 10.2 Å². The summed E-state index contributed by atoms with van der Waals surface area (Å²) in [6.07, 6.45) is 1.44. The van der Waals surface area contributed by atoms with Crippen LogP contribution in [0.4, 0.5) is 10.2 Å².